The molecular formula is C20H20FNO3. The fourth-order valence-electron chi connectivity index (χ4n) is 5.16. The minimum Gasteiger partial charge on any atom is -0.449 e. The van der Waals surface area contributed by atoms with Crippen LogP contribution >= 0.6 is 0 Å². The minimum atomic E-state index is -1.30. The van der Waals surface area contributed by atoms with Crippen molar-refractivity contribution in [1.82, 2.24) is 4.90 Å². The number of aliphatic hydroxyl groups is 1. The summed E-state index contributed by atoms with van der Waals surface area (Å²) < 4.78 is 20.1. The van der Waals surface area contributed by atoms with Gasteiger partial charge in [0, 0.05) is 23.6 Å². The highest BCUT2D eigenvalue weighted by molar-refractivity contribution is 5.96. The van der Waals surface area contributed by atoms with Crippen molar-refractivity contribution in [3.63, 3.8) is 0 Å². The molecular weight excluding hydrogens is 321 g/mol. The molecule has 4 nitrogen and oxygen atoms in total. The molecule has 3 heterocycles. The number of aliphatic hydroxyl groups excluding tert-OH is 1. The van der Waals surface area contributed by atoms with E-state index >= 15 is 0 Å². The number of hydrogen-bond donors (Lipinski definition) is 1. The quantitative estimate of drug-likeness (QED) is 0.840. The molecule has 3 aliphatic heterocycles. The monoisotopic (exact) mass is 341 g/mol. The number of fused-ring (bicyclic) bond motifs is 3. The van der Waals surface area contributed by atoms with E-state index in [1.807, 2.05) is 6.08 Å². The van der Waals surface area contributed by atoms with Crippen LogP contribution in [-0.4, -0.2) is 40.2 Å². The molecule has 1 N–H and O–H groups in total. The number of halogens is 1. The lowest BCUT2D eigenvalue weighted by molar-refractivity contribution is -0.150. The molecule has 1 aliphatic carbocycles. The highest BCUT2D eigenvalue weighted by Crippen LogP contribution is 2.54. The Morgan fingerprint density at radius 1 is 1.32 bits per heavy atom. The van der Waals surface area contributed by atoms with Gasteiger partial charge < -0.3 is 9.84 Å². The number of hydrogen-bond acceptors (Lipinski definition) is 4. The van der Waals surface area contributed by atoms with Crippen LogP contribution in [0.1, 0.15) is 37.4 Å². The minimum absolute atomic E-state index is 0.119. The maximum atomic E-state index is 14.1. The first-order chi connectivity index (χ1) is 12.1. The van der Waals surface area contributed by atoms with Gasteiger partial charge in [0.05, 0.1) is 11.6 Å². The van der Waals surface area contributed by atoms with Crippen LogP contribution in [-0.2, 0) is 9.53 Å². The number of carbonyl (C=O) groups is 1. The van der Waals surface area contributed by atoms with Crippen molar-refractivity contribution < 1.29 is 19.0 Å². The standard InChI is InChI=1S/C20H20FNO3/c21-15-6-2-1-5-13(15)18(23)17-14-9-8-12-11-20(14,25-19(17)24)16-7-3-4-10-22(12)16/h1-2,5-6,8-9,12,16,18,23H,3-4,7,10-11H2/t12-,16-,18?,20+/m1/s1. The average molecular weight is 341 g/mol. The smallest absolute Gasteiger partial charge is 0.338 e. The summed E-state index contributed by atoms with van der Waals surface area (Å²) in [6, 6.07) is 6.49. The Bertz CT molecular complexity index is 817. The molecule has 1 aromatic carbocycles. The zero-order valence-corrected chi connectivity index (χ0v) is 13.8. The zero-order valence-electron chi connectivity index (χ0n) is 13.8. The van der Waals surface area contributed by atoms with E-state index in [4.69, 9.17) is 4.74 Å². The Kier molecular flexibility index (Phi) is 3.21. The van der Waals surface area contributed by atoms with Crippen LogP contribution in [0.15, 0.2) is 47.6 Å². The second-order valence-electron chi connectivity index (χ2n) is 7.41. The van der Waals surface area contributed by atoms with Gasteiger partial charge in [0.1, 0.15) is 11.9 Å². The Labute approximate surface area is 145 Å². The van der Waals surface area contributed by atoms with Gasteiger partial charge >= 0.3 is 5.97 Å². The highest BCUT2D eigenvalue weighted by atomic mass is 19.1. The second kappa shape index (κ2) is 5.26. The zero-order chi connectivity index (χ0) is 17.2. The Morgan fingerprint density at radius 3 is 3.00 bits per heavy atom. The van der Waals surface area contributed by atoms with Gasteiger partial charge in [-0.05, 0) is 25.5 Å². The van der Waals surface area contributed by atoms with E-state index < -0.39 is 23.5 Å². The van der Waals surface area contributed by atoms with E-state index in [1.54, 1.807) is 12.1 Å². The normalized spacial score (nSPS) is 34.7. The predicted molar refractivity (Wildman–Crippen MR) is 89.1 cm³/mol. The maximum Gasteiger partial charge on any atom is 0.338 e. The predicted octanol–water partition coefficient (Wildman–Crippen LogP) is 2.65. The van der Waals surface area contributed by atoms with Crippen molar-refractivity contribution in [2.75, 3.05) is 6.54 Å². The van der Waals surface area contributed by atoms with Crippen molar-refractivity contribution >= 4 is 5.97 Å². The third kappa shape index (κ3) is 1.96. The summed E-state index contributed by atoms with van der Waals surface area (Å²) in [5, 5.41) is 10.8. The number of nitrogens with zero attached hydrogens (tertiary/aromatic N) is 1. The number of piperidine rings is 1. The molecule has 2 saturated heterocycles. The second-order valence-corrected chi connectivity index (χ2v) is 7.41. The first kappa shape index (κ1) is 15.3. The lowest BCUT2D eigenvalue weighted by Crippen LogP contribution is -2.48. The van der Waals surface area contributed by atoms with E-state index in [0.29, 0.717) is 0 Å². The molecule has 1 spiro atoms. The molecule has 0 radical (unpaired) electrons. The molecule has 5 heteroatoms. The number of rotatable bonds is 2. The van der Waals surface area contributed by atoms with E-state index in [-0.39, 0.29) is 23.2 Å². The van der Waals surface area contributed by atoms with Crippen LogP contribution in [0.3, 0.4) is 0 Å². The Morgan fingerprint density at radius 2 is 2.16 bits per heavy atom. The van der Waals surface area contributed by atoms with Gasteiger partial charge in [0.2, 0.25) is 0 Å². The average Bonchev–Trinajstić information content (AvgIpc) is 3.06. The van der Waals surface area contributed by atoms with E-state index in [1.165, 1.54) is 12.1 Å². The molecule has 1 unspecified atom stereocenters. The first-order valence-corrected chi connectivity index (χ1v) is 8.96. The van der Waals surface area contributed by atoms with E-state index in [9.17, 15) is 14.3 Å². The number of ether oxygens (including phenoxy) is 1. The van der Waals surface area contributed by atoms with E-state index in [2.05, 4.69) is 11.0 Å². The number of benzene rings is 1. The van der Waals surface area contributed by atoms with Gasteiger partial charge in [0.25, 0.3) is 0 Å². The van der Waals surface area contributed by atoms with Gasteiger partial charge in [-0.25, -0.2) is 9.18 Å². The molecule has 4 aliphatic rings. The van der Waals surface area contributed by atoms with E-state index in [0.717, 1.165) is 37.8 Å². The van der Waals surface area contributed by atoms with Crippen LogP contribution in [0.5, 0.6) is 0 Å². The summed E-state index contributed by atoms with van der Waals surface area (Å²) in [7, 11) is 0. The van der Waals surface area contributed by atoms with Crippen molar-refractivity contribution in [3.8, 4) is 0 Å². The molecule has 0 saturated carbocycles. The molecule has 0 aromatic heterocycles. The summed E-state index contributed by atoms with van der Waals surface area (Å²) in [5.41, 5.74) is 0.400. The largest absolute Gasteiger partial charge is 0.449 e. The van der Waals surface area contributed by atoms with Crippen molar-refractivity contribution in [2.45, 2.75) is 49.5 Å². The van der Waals surface area contributed by atoms with Gasteiger partial charge in [-0.2, -0.15) is 0 Å². The van der Waals surface area contributed by atoms with Crippen molar-refractivity contribution in [3.05, 3.63) is 58.9 Å². The van der Waals surface area contributed by atoms with Crippen LogP contribution in [0.25, 0.3) is 0 Å². The fourth-order valence-corrected chi connectivity index (χ4v) is 5.16. The Hall–Kier alpha value is -1.98. The van der Waals surface area contributed by atoms with Crippen molar-refractivity contribution in [1.29, 1.82) is 0 Å². The third-order valence-corrected chi connectivity index (χ3v) is 6.22. The lowest BCUT2D eigenvalue weighted by atomic mass is 9.78. The summed E-state index contributed by atoms with van der Waals surface area (Å²) >= 11 is 0. The van der Waals surface area contributed by atoms with Crippen LogP contribution in [0.2, 0.25) is 0 Å². The molecule has 1 aromatic rings. The third-order valence-electron chi connectivity index (χ3n) is 6.22. The SMILES string of the molecule is O=C1O[C@@]23C[C@@H](C=CC2=C1C(O)c1ccccc1F)N1CCCC[C@@H]13. The lowest BCUT2D eigenvalue weighted by Gasteiger charge is -2.37. The first-order valence-electron chi connectivity index (χ1n) is 8.96. The maximum absolute atomic E-state index is 14.1. The molecule has 5 rings (SSSR count). The molecule has 4 atom stereocenters. The number of esters is 1. The summed E-state index contributed by atoms with van der Waals surface area (Å²) in [6.07, 6.45) is 6.73. The van der Waals surface area contributed by atoms with Crippen LogP contribution in [0, 0.1) is 5.82 Å². The number of carbonyl (C=O) groups excluding carboxylic acids is 1. The van der Waals surface area contributed by atoms with Gasteiger partial charge in [-0.3, -0.25) is 4.90 Å². The summed E-state index contributed by atoms with van der Waals surface area (Å²) in [4.78, 5) is 15.1. The molecule has 2 fully saturated rings. The summed E-state index contributed by atoms with van der Waals surface area (Å²) in [6.45, 7) is 1.01. The van der Waals surface area contributed by atoms with Crippen LogP contribution < -0.4 is 0 Å². The van der Waals surface area contributed by atoms with Crippen molar-refractivity contribution in [2.24, 2.45) is 0 Å². The van der Waals surface area contributed by atoms with Gasteiger partial charge in [-0.1, -0.05) is 36.8 Å². The molecule has 0 amide bonds. The molecule has 2 bridgehead atoms. The fraction of sp³-hybridized carbons (Fsp3) is 0.450. The van der Waals surface area contributed by atoms with Gasteiger partial charge in [-0.15, -0.1) is 0 Å². The van der Waals surface area contributed by atoms with Gasteiger partial charge in [0.15, 0.2) is 5.60 Å². The molecule has 25 heavy (non-hydrogen) atoms. The highest BCUT2D eigenvalue weighted by Gasteiger charge is 2.62. The molecule has 130 valence electrons. The van der Waals surface area contributed by atoms with Crippen LogP contribution in [0.4, 0.5) is 4.39 Å². The topological polar surface area (TPSA) is 49.8 Å². The Balaban J connectivity index is 1.63. The summed E-state index contributed by atoms with van der Waals surface area (Å²) in [5.74, 6) is -1.02.